The third kappa shape index (κ3) is 5.33. The second-order valence-corrected chi connectivity index (χ2v) is 10.0. The van der Waals surface area contributed by atoms with Gasteiger partial charge in [0.25, 0.3) is 5.56 Å². The molecule has 1 amide bonds. The number of likely N-dealkylation sites (N-methyl/N-ethyl adjacent to an activating group) is 1. The van der Waals surface area contributed by atoms with Crippen LogP contribution in [0.15, 0.2) is 22.0 Å². The second kappa shape index (κ2) is 9.51. The lowest BCUT2D eigenvalue weighted by molar-refractivity contribution is 0.0300. The lowest BCUT2D eigenvalue weighted by atomic mass is 10.2. The quantitative estimate of drug-likeness (QED) is 0.467. The molecule has 0 radical (unpaired) electrons. The summed E-state index contributed by atoms with van der Waals surface area (Å²) in [5.74, 6) is 0.382. The van der Waals surface area contributed by atoms with Crippen molar-refractivity contribution < 1.29 is 9.53 Å². The molecule has 0 aliphatic heterocycles. The number of carbonyl (C=O) groups excluding carboxylic acids is 1. The molecule has 1 aromatic carbocycles. The lowest BCUT2D eigenvalue weighted by Crippen LogP contribution is -2.35. The number of amides is 1. The molecule has 0 aliphatic carbocycles. The Hall–Kier alpha value is -1.94. The highest BCUT2D eigenvalue weighted by atomic mass is 35.5. The summed E-state index contributed by atoms with van der Waals surface area (Å²) in [5.41, 5.74) is -0.270. The zero-order valence-electron chi connectivity index (χ0n) is 18.1. The van der Waals surface area contributed by atoms with Gasteiger partial charge in [0.05, 0.1) is 10.0 Å². The number of nitrogens with zero attached hydrogens (tertiary/aromatic N) is 4. The van der Waals surface area contributed by atoms with Crippen LogP contribution >= 0.6 is 46.6 Å². The van der Waals surface area contributed by atoms with Crippen LogP contribution < -0.4 is 5.56 Å². The lowest BCUT2D eigenvalue weighted by Gasteiger charge is -2.24. The highest BCUT2D eigenvalue weighted by Crippen LogP contribution is 2.34. The van der Waals surface area contributed by atoms with Crippen molar-refractivity contribution >= 4 is 63.7 Å². The third-order valence-corrected chi connectivity index (χ3v) is 5.80. The first-order valence-electron chi connectivity index (χ1n) is 9.56. The molecule has 2 aromatic heterocycles. The second-order valence-electron chi connectivity index (χ2n) is 8.00. The summed E-state index contributed by atoms with van der Waals surface area (Å²) in [6, 6.07) is 3.08. The molecule has 0 unspecified atom stereocenters. The Morgan fingerprint density at radius 3 is 2.44 bits per heavy atom. The molecule has 1 N–H and O–H groups in total. The van der Waals surface area contributed by atoms with Crippen molar-refractivity contribution in [3.05, 3.63) is 43.4 Å². The van der Waals surface area contributed by atoms with E-state index < -0.39 is 11.7 Å². The first kappa shape index (κ1) is 24.7. The topological polar surface area (TPSA) is 93.1 Å². The zero-order chi connectivity index (χ0) is 23.8. The van der Waals surface area contributed by atoms with Crippen molar-refractivity contribution in [1.82, 2.24) is 24.6 Å². The molecule has 3 rings (SSSR count). The van der Waals surface area contributed by atoms with Crippen LogP contribution in [0, 0.1) is 0 Å². The average molecular weight is 519 g/mol. The van der Waals surface area contributed by atoms with E-state index in [4.69, 9.17) is 39.5 Å². The van der Waals surface area contributed by atoms with Gasteiger partial charge in [0.1, 0.15) is 27.5 Å². The Morgan fingerprint density at radius 2 is 1.88 bits per heavy atom. The molecule has 0 saturated carbocycles. The minimum atomic E-state index is -0.603. The van der Waals surface area contributed by atoms with Crippen LogP contribution in [0.1, 0.15) is 26.6 Å². The van der Waals surface area contributed by atoms with Crippen LogP contribution in [0.3, 0.4) is 0 Å². The number of aromatic amines is 1. The molecular formula is C20H22Cl3N5O3S. The molecule has 32 heavy (non-hydrogen) atoms. The number of H-pyrrole nitrogens is 1. The Kier molecular flexibility index (Phi) is 7.34. The van der Waals surface area contributed by atoms with E-state index in [1.54, 1.807) is 46.2 Å². The van der Waals surface area contributed by atoms with Gasteiger partial charge >= 0.3 is 6.09 Å². The van der Waals surface area contributed by atoms with Crippen LogP contribution in [0.4, 0.5) is 4.79 Å². The van der Waals surface area contributed by atoms with Gasteiger partial charge in [0.2, 0.25) is 0 Å². The standard InChI is InChI=1S/C20H22Cl3N5O3S/c1-20(2,3)31-19(30)27(4)7-6-13-24-16-14(17(29)25-13)18(32-5)26-28(16)15-11(22)8-10(21)9-12(15)23/h8-9H,6-7H2,1-5H3,(H,24,25,29). The van der Waals surface area contributed by atoms with E-state index >= 15 is 0 Å². The summed E-state index contributed by atoms with van der Waals surface area (Å²) in [6.07, 6.45) is 1.64. The molecule has 0 bridgehead atoms. The maximum Gasteiger partial charge on any atom is 0.410 e. The number of rotatable bonds is 5. The van der Waals surface area contributed by atoms with E-state index in [1.807, 2.05) is 0 Å². The zero-order valence-corrected chi connectivity index (χ0v) is 21.2. The normalized spacial score (nSPS) is 11.8. The fraction of sp³-hybridized carbons (Fsp3) is 0.400. The molecule has 8 nitrogen and oxygen atoms in total. The van der Waals surface area contributed by atoms with Gasteiger partial charge in [-0.3, -0.25) is 4.79 Å². The molecule has 0 atom stereocenters. The van der Waals surface area contributed by atoms with Gasteiger partial charge in [0, 0.05) is 25.0 Å². The number of hydrogen-bond donors (Lipinski definition) is 1. The van der Waals surface area contributed by atoms with Crippen LogP contribution in [0.25, 0.3) is 16.7 Å². The smallest absolute Gasteiger partial charge is 0.410 e. The van der Waals surface area contributed by atoms with Crippen molar-refractivity contribution in [3.63, 3.8) is 0 Å². The van der Waals surface area contributed by atoms with Crippen molar-refractivity contribution in [2.75, 3.05) is 19.8 Å². The van der Waals surface area contributed by atoms with Gasteiger partial charge in [-0.1, -0.05) is 34.8 Å². The predicted octanol–water partition coefficient (Wildman–Crippen LogP) is 5.20. The van der Waals surface area contributed by atoms with E-state index in [9.17, 15) is 9.59 Å². The largest absolute Gasteiger partial charge is 0.444 e. The van der Waals surface area contributed by atoms with E-state index in [0.717, 1.165) is 0 Å². The monoisotopic (exact) mass is 517 g/mol. The van der Waals surface area contributed by atoms with Gasteiger partial charge in [-0.25, -0.2) is 14.5 Å². The number of aromatic nitrogens is 4. The fourth-order valence-corrected chi connectivity index (χ4v) is 4.43. The molecule has 0 saturated heterocycles. The maximum atomic E-state index is 12.9. The molecule has 0 spiro atoms. The molecule has 172 valence electrons. The van der Waals surface area contributed by atoms with Crippen LogP contribution in [-0.2, 0) is 11.2 Å². The minimum absolute atomic E-state index is 0.271. The van der Waals surface area contributed by atoms with E-state index in [1.165, 1.54) is 21.3 Å². The van der Waals surface area contributed by atoms with Gasteiger partial charge in [0.15, 0.2) is 5.65 Å². The SMILES string of the molecule is CSc1nn(-c2c(Cl)cc(Cl)cc2Cl)c2nc(CCN(C)C(=O)OC(C)(C)C)[nH]c(=O)c12. The summed E-state index contributed by atoms with van der Waals surface area (Å²) in [7, 11) is 1.62. The Morgan fingerprint density at radius 1 is 1.25 bits per heavy atom. The van der Waals surface area contributed by atoms with Gasteiger partial charge in [-0.05, 0) is 39.2 Å². The summed E-state index contributed by atoms with van der Waals surface area (Å²) < 4.78 is 6.79. The van der Waals surface area contributed by atoms with Gasteiger partial charge < -0.3 is 14.6 Å². The van der Waals surface area contributed by atoms with Crippen molar-refractivity contribution in [1.29, 1.82) is 0 Å². The molecule has 12 heteroatoms. The number of carbonyl (C=O) groups is 1. The van der Waals surface area contributed by atoms with E-state index in [0.29, 0.717) is 39.0 Å². The Balaban J connectivity index is 2.01. The summed E-state index contributed by atoms with van der Waals surface area (Å²) >= 11 is 20.1. The van der Waals surface area contributed by atoms with E-state index in [2.05, 4.69) is 15.1 Å². The van der Waals surface area contributed by atoms with Crippen molar-refractivity contribution in [2.45, 2.75) is 37.8 Å². The Bertz CT molecular complexity index is 1210. The Labute approximate surface area is 204 Å². The number of fused-ring (bicyclic) bond motifs is 1. The first-order valence-corrected chi connectivity index (χ1v) is 11.9. The van der Waals surface area contributed by atoms with Gasteiger partial charge in [-0.2, -0.15) is 5.10 Å². The molecule has 2 heterocycles. The summed E-state index contributed by atoms with van der Waals surface area (Å²) in [6.45, 7) is 5.67. The maximum absolute atomic E-state index is 12.9. The summed E-state index contributed by atoms with van der Waals surface area (Å²) in [4.78, 5) is 33.8. The van der Waals surface area contributed by atoms with Crippen LogP contribution in [0.5, 0.6) is 0 Å². The predicted molar refractivity (Wildman–Crippen MR) is 129 cm³/mol. The highest BCUT2D eigenvalue weighted by molar-refractivity contribution is 7.98. The van der Waals surface area contributed by atoms with Gasteiger partial charge in [-0.15, -0.1) is 11.8 Å². The number of ether oxygens (including phenoxy) is 1. The number of hydrogen-bond acceptors (Lipinski definition) is 6. The average Bonchev–Trinajstić information content (AvgIpc) is 3.03. The minimum Gasteiger partial charge on any atom is -0.444 e. The number of nitrogens with one attached hydrogen (secondary N) is 1. The molecule has 0 fully saturated rings. The molecule has 3 aromatic rings. The third-order valence-electron chi connectivity index (χ3n) is 4.33. The number of thioether (sulfide) groups is 1. The summed E-state index contributed by atoms with van der Waals surface area (Å²) in [5, 5.41) is 6.22. The van der Waals surface area contributed by atoms with Crippen LogP contribution in [0.2, 0.25) is 15.1 Å². The van der Waals surface area contributed by atoms with Crippen molar-refractivity contribution in [3.8, 4) is 5.69 Å². The van der Waals surface area contributed by atoms with E-state index in [-0.39, 0.29) is 22.1 Å². The number of halogens is 3. The molecule has 0 aliphatic rings. The number of benzene rings is 1. The van der Waals surface area contributed by atoms with Crippen molar-refractivity contribution in [2.24, 2.45) is 0 Å². The fourth-order valence-electron chi connectivity index (χ4n) is 2.90. The van der Waals surface area contributed by atoms with Crippen LogP contribution in [-0.4, -0.2) is 56.2 Å². The first-order chi connectivity index (χ1) is 14.9. The molecular weight excluding hydrogens is 497 g/mol. The highest BCUT2D eigenvalue weighted by Gasteiger charge is 2.22.